The van der Waals surface area contributed by atoms with Crippen molar-refractivity contribution in [3.8, 4) is 0 Å². The monoisotopic (exact) mass is 465 g/mol. The van der Waals surface area contributed by atoms with Gasteiger partial charge in [-0.05, 0) is 42.5 Å². The Morgan fingerprint density at radius 1 is 0.969 bits per heavy atom. The molecule has 9 nitrogen and oxygen atoms in total. The van der Waals surface area contributed by atoms with Gasteiger partial charge in [0, 0.05) is 21.6 Å². The Balaban J connectivity index is 1.69. The maximum atomic E-state index is 12.7. The number of halogens is 4. The number of nitrogens with one attached hydrogen (secondary N) is 4. The van der Waals surface area contributed by atoms with Gasteiger partial charge in [0.05, 0.1) is 10.9 Å². The van der Waals surface area contributed by atoms with Crippen LogP contribution in [0.15, 0.2) is 52.1 Å². The molecule has 0 aliphatic rings. The normalized spacial score (nSPS) is 11.6. The van der Waals surface area contributed by atoms with E-state index >= 15 is 0 Å². The minimum absolute atomic E-state index is 0.00393. The van der Waals surface area contributed by atoms with Crippen LogP contribution in [0, 0.1) is 0 Å². The lowest BCUT2D eigenvalue weighted by molar-refractivity contribution is -0.167. The number of hydrogen-bond acceptors (Lipinski definition) is 4. The van der Waals surface area contributed by atoms with Gasteiger partial charge < -0.3 is 15.3 Å². The summed E-state index contributed by atoms with van der Waals surface area (Å²) in [5.41, 5.74) is 0.425. The van der Waals surface area contributed by atoms with E-state index in [4.69, 9.17) is 11.6 Å². The maximum Gasteiger partial charge on any atom is 0.471 e. The SMILES string of the molecule is O=C(Nn1c(=O)[nH]c2ccc(NC(=O)C(F)(F)F)cc2c1=O)c1cc2cc(Cl)ccc2[nH]1. The van der Waals surface area contributed by atoms with Crippen molar-refractivity contribution in [2.24, 2.45) is 0 Å². The molecule has 0 bridgehead atoms. The van der Waals surface area contributed by atoms with Crippen LogP contribution >= 0.6 is 11.6 Å². The molecule has 4 N–H and O–H groups in total. The zero-order valence-electron chi connectivity index (χ0n) is 15.6. The number of benzene rings is 2. The van der Waals surface area contributed by atoms with Gasteiger partial charge >= 0.3 is 17.8 Å². The van der Waals surface area contributed by atoms with Crippen LogP contribution < -0.4 is 22.0 Å². The van der Waals surface area contributed by atoms with Gasteiger partial charge in [0.25, 0.3) is 11.5 Å². The van der Waals surface area contributed by atoms with Crippen molar-refractivity contribution in [1.82, 2.24) is 14.6 Å². The fourth-order valence-electron chi connectivity index (χ4n) is 2.98. The van der Waals surface area contributed by atoms with Gasteiger partial charge in [-0.1, -0.05) is 11.6 Å². The van der Waals surface area contributed by atoms with E-state index in [1.54, 1.807) is 23.5 Å². The minimum Gasteiger partial charge on any atom is -0.350 e. The third-order valence-electron chi connectivity index (χ3n) is 4.45. The molecule has 2 aromatic heterocycles. The number of anilines is 1. The van der Waals surface area contributed by atoms with Gasteiger partial charge in [-0.15, -0.1) is 0 Å². The van der Waals surface area contributed by atoms with E-state index in [0.717, 1.165) is 18.2 Å². The second-order valence-electron chi connectivity index (χ2n) is 6.64. The van der Waals surface area contributed by atoms with Gasteiger partial charge in [-0.3, -0.25) is 19.8 Å². The predicted octanol–water partition coefficient (Wildman–Crippen LogP) is 2.71. The van der Waals surface area contributed by atoms with Crippen LogP contribution in [0.5, 0.6) is 0 Å². The second-order valence-corrected chi connectivity index (χ2v) is 7.07. The van der Waals surface area contributed by atoms with E-state index in [2.05, 4.69) is 15.4 Å². The minimum atomic E-state index is -5.13. The van der Waals surface area contributed by atoms with Crippen LogP contribution in [-0.4, -0.2) is 32.6 Å². The summed E-state index contributed by atoms with van der Waals surface area (Å²) in [6, 6.07) is 9.50. The summed E-state index contributed by atoms with van der Waals surface area (Å²) in [5, 5.41) is 2.43. The third-order valence-corrected chi connectivity index (χ3v) is 4.69. The largest absolute Gasteiger partial charge is 0.471 e. The molecule has 32 heavy (non-hydrogen) atoms. The lowest BCUT2D eigenvalue weighted by atomic mass is 10.2. The maximum absolute atomic E-state index is 12.7. The molecule has 0 saturated heterocycles. The van der Waals surface area contributed by atoms with Crippen molar-refractivity contribution in [3.05, 3.63) is 74.0 Å². The first-order chi connectivity index (χ1) is 15.0. The van der Waals surface area contributed by atoms with Crippen molar-refractivity contribution in [1.29, 1.82) is 0 Å². The summed E-state index contributed by atoms with van der Waals surface area (Å²) < 4.78 is 37.8. The Morgan fingerprint density at radius 3 is 2.41 bits per heavy atom. The summed E-state index contributed by atoms with van der Waals surface area (Å²) >= 11 is 5.91. The molecule has 4 rings (SSSR count). The molecule has 4 aromatic rings. The standard InChI is InChI=1S/C19H11ClF3N5O4/c20-9-1-3-12-8(5-9)6-14(25-12)15(29)27-28-16(30)11-7-10(24-17(31)19(21,22)23)2-4-13(11)26-18(28)32/h1-7,25H,(H,24,31)(H,26,32)(H,27,29). The molecule has 2 aromatic carbocycles. The Bertz CT molecular complexity index is 1520. The number of carbonyl (C=O) groups excluding carboxylic acids is 2. The molecule has 0 aliphatic heterocycles. The Morgan fingerprint density at radius 2 is 1.69 bits per heavy atom. The fraction of sp³-hybridized carbons (Fsp3) is 0.0526. The average molecular weight is 466 g/mol. The van der Waals surface area contributed by atoms with Gasteiger partial charge in [0.15, 0.2) is 0 Å². The van der Waals surface area contributed by atoms with Crippen LogP contribution in [0.2, 0.25) is 5.02 Å². The molecule has 164 valence electrons. The van der Waals surface area contributed by atoms with Gasteiger partial charge in [0.1, 0.15) is 5.69 Å². The van der Waals surface area contributed by atoms with Crippen LogP contribution in [0.1, 0.15) is 10.5 Å². The highest BCUT2D eigenvalue weighted by Crippen LogP contribution is 2.21. The second kappa shape index (κ2) is 7.57. The van der Waals surface area contributed by atoms with E-state index in [1.165, 1.54) is 6.07 Å². The number of hydrogen-bond donors (Lipinski definition) is 4. The molecular weight excluding hydrogens is 455 g/mol. The van der Waals surface area contributed by atoms with Crippen molar-refractivity contribution >= 4 is 50.9 Å². The van der Waals surface area contributed by atoms with Crippen LogP contribution in [0.25, 0.3) is 21.8 Å². The Kier molecular flexibility index (Phi) is 5.01. The number of aromatic nitrogens is 3. The molecule has 0 saturated carbocycles. The highest BCUT2D eigenvalue weighted by molar-refractivity contribution is 6.31. The zero-order chi connectivity index (χ0) is 23.2. The quantitative estimate of drug-likeness (QED) is 0.371. The molecular formula is C19H11ClF3N5O4. The molecule has 13 heteroatoms. The predicted molar refractivity (Wildman–Crippen MR) is 111 cm³/mol. The zero-order valence-corrected chi connectivity index (χ0v) is 16.4. The Hall–Kier alpha value is -4.06. The van der Waals surface area contributed by atoms with E-state index in [-0.39, 0.29) is 22.3 Å². The molecule has 0 spiro atoms. The Labute approximate surface area is 179 Å². The lowest BCUT2D eigenvalue weighted by Gasteiger charge is -2.10. The third kappa shape index (κ3) is 3.95. The van der Waals surface area contributed by atoms with Crippen LogP contribution in [0.4, 0.5) is 18.9 Å². The highest BCUT2D eigenvalue weighted by atomic mass is 35.5. The summed E-state index contributed by atoms with van der Waals surface area (Å²) in [6.45, 7) is 0. The molecule has 2 heterocycles. The summed E-state index contributed by atoms with van der Waals surface area (Å²) in [7, 11) is 0. The summed E-state index contributed by atoms with van der Waals surface area (Å²) in [5.74, 6) is -3.06. The van der Waals surface area contributed by atoms with Gasteiger partial charge in [0.2, 0.25) is 0 Å². The number of fused-ring (bicyclic) bond motifs is 2. The summed E-state index contributed by atoms with van der Waals surface area (Å²) in [4.78, 5) is 53.8. The van der Waals surface area contributed by atoms with E-state index in [1.807, 2.05) is 0 Å². The molecule has 2 amide bonds. The number of nitrogens with zero attached hydrogens (tertiary/aromatic N) is 1. The summed E-state index contributed by atoms with van der Waals surface area (Å²) in [6.07, 6.45) is -5.13. The smallest absolute Gasteiger partial charge is 0.350 e. The van der Waals surface area contributed by atoms with E-state index in [9.17, 15) is 32.3 Å². The van der Waals surface area contributed by atoms with Gasteiger partial charge in [-0.2, -0.15) is 17.8 Å². The molecule has 0 aliphatic carbocycles. The fourth-order valence-corrected chi connectivity index (χ4v) is 3.16. The number of carbonyl (C=O) groups is 2. The average Bonchev–Trinajstić information content (AvgIpc) is 3.14. The van der Waals surface area contributed by atoms with E-state index < -0.39 is 29.2 Å². The van der Waals surface area contributed by atoms with Gasteiger partial charge in [-0.25, -0.2) is 4.79 Å². The molecule has 0 unspecified atom stereocenters. The van der Waals surface area contributed by atoms with Crippen molar-refractivity contribution in [2.45, 2.75) is 6.18 Å². The number of amides is 2. The number of rotatable bonds is 3. The topological polar surface area (TPSA) is 129 Å². The highest BCUT2D eigenvalue weighted by Gasteiger charge is 2.38. The molecule has 0 fully saturated rings. The first-order valence-electron chi connectivity index (χ1n) is 8.80. The number of alkyl halides is 3. The molecule has 0 radical (unpaired) electrons. The number of H-pyrrole nitrogens is 2. The first-order valence-corrected chi connectivity index (χ1v) is 9.17. The van der Waals surface area contributed by atoms with E-state index in [0.29, 0.717) is 20.6 Å². The van der Waals surface area contributed by atoms with Crippen molar-refractivity contribution in [3.63, 3.8) is 0 Å². The van der Waals surface area contributed by atoms with Crippen molar-refractivity contribution < 1.29 is 22.8 Å². The van der Waals surface area contributed by atoms with Crippen molar-refractivity contribution in [2.75, 3.05) is 10.7 Å². The lowest BCUT2D eigenvalue weighted by Crippen LogP contribution is -2.43. The van der Waals surface area contributed by atoms with Crippen LogP contribution in [-0.2, 0) is 4.79 Å². The first kappa shape index (κ1) is 21.2. The van der Waals surface area contributed by atoms with Crippen LogP contribution in [0.3, 0.4) is 0 Å². The molecule has 0 atom stereocenters. The number of aromatic amines is 2.